The molecule has 6 aromatic rings. The molecular formula is C35H31N3O5S3. The summed E-state index contributed by atoms with van der Waals surface area (Å²) in [7, 11) is -6.83. The molecule has 0 saturated carbocycles. The molecule has 0 spiro atoms. The summed E-state index contributed by atoms with van der Waals surface area (Å²) >= 11 is 1.43. The fourth-order valence-corrected chi connectivity index (χ4v) is 7.43. The quantitative estimate of drug-likeness (QED) is 0.133. The van der Waals surface area contributed by atoms with Crippen molar-refractivity contribution in [2.75, 3.05) is 12.5 Å². The van der Waals surface area contributed by atoms with Crippen LogP contribution in [0.15, 0.2) is 102 Å². The zero-order valence-corrected chi connectivity index (χ0v) is 28.3. The van der Waals surface area contributed by atoms with Crippen molar-refractivity contribution in [1.82, 2.24) is 9.97 Å². The second-order valence-corrected chi connectivity index (χ2v) is 17.4. The minimum absolute atomic E-state index is 0.206. The van der Waals surface area contributed by atoms with Gasteiger partial charge in [-0.25, -0.2) is 21.8 Å². The van der Waals surface area contributed by atoms with Crippen molar-refractivity contribution in [2.24, 2.45) is 0 Å². The number of pyridine rings is 2. The Kier molecular flexibility index (Phi) is 7.82. The lowest BCUT2D eigenvalue weighted by molar-refractivity contribution is -0.611. The van der Waals surface area contributed by atoms with Gasteiger partial charge in [0.1, 0.15) is 5.01 Å². The lowest BCUT2D eigenvalue weighted by Crippen LogP contribution is -2.29. The van der Waals surface area contributed by atoms with Crippen molar-refractivity contribution >= 4 is 41.9 Å². The Hall–Kier alpha value is -4.45. The van der Waals surface area contributed by atoms with E-state index in [1.54, 1.807) is 57.3 Å². The Morgan fingerprint density at radius 3 is 2.17 bits per heavy atom. The largest absolute Gasteiger partial charge is 0.618 e. The molecular weight excluding hydrogens is 639 g/mol. The van der Waals surface area contributed by atoms with Crippen molar-refractivity contribution in [3.8, 4) is 43.4 Å². The van der Waals surface area contributed by atoms with E-state index in [0.29, 0.717) is 27.5 Å². The summed E-state index contributed by atoms with van der Waals surface area (Å²) in [6.07, 6.45) is 5.63. The first-order chi connectivity index (χ1) is 21.6. The summed E-state index contributed by atoms with van der Waals surface area (Å²) in [5.41, 5.74) is 6.48. The molecule has 3 aromatic heterocycles. The number of aromatic nitrogens is 3. The van der Waals surface area contributed by atoms with E-state index in [2.05, 4.69) is 4.98 Å². The van der Waals surface area contributed by atoms with Crippen molar-refractivity contribution in [3.63, 3.8) is 0 Å². The van der Waals surface area contributed by atoms with Crippen LogP contribution in [-0.2, 0) is 24.4 Å². The number of hydrogen-bond donors (Lipinski definition) is 0. The fraction of sp³-hybridized carbons (Fsp3) is 0.171. The standard InChI is InChI=1S/C35H31N3O5S3/c1-22-11-12-27(21-38(22)39)34-37-32(23-13-15-29(16-14-23)45(4,40)41)33(44-34)26-9-6-8-24(18-26)30-20-28(35(2,3)46(5,42)43)19-25-10-7-17-36-31(25)30/h6-21H,1-5H3. The summed E-state index contributed by atoms with van der Waals surface area (Å²) in [4.78, 5) is 10.6. The zero-order chi connectivity index (χ0) is 33.0. The number of nitrogens with zero attached hydrogens (tertiary/aromatic N) is 3. The summed E-state index contributed by atoms with van der Waals surface area (Å²) in [6, 6.07) is 25.6. The van der Waals surface area contributed by atoms with Gasteiger partial charge in [-0.15, -0.1) is 11.3 Å². The van der Waals surface area contributed by atoms with Gasteiger partial charge in [-0.3, -0.25) is 4.98 Å². The number of fused-ring (bicyclic) bond motifs is 1. The van der Waals surface area contributed by atoms with Crippen LogP contribution in [0.1, 0.15) is 25.1 Å². The SMILES string of the molecule is Cc1ccc(-c2nc(-c3ccc(S(C)(=O)=O)cc3)c(-c3cccc(-c4cc(C(C)(C)S(C)(=O)=O)cc5cccnc45)c3)s2)c[n+]1[O-]. The molecule has 11 heteroatoms. The highest BCUT2D eigenvalue weighted by molar-refractivity contribution is 7.91. The minimum Gasteiger partial charge on any atom is -0.618 e. The monoisotopic (exact) mass is 669 g/mol. The first-order valence-electron chi connectivity index (χ1n) is 14.3. The van der Waals surface area contributed by atoms with E-state index in [4.69, 9.17) is 4.98 Å². The Morgan fingerprint density at radius 2 is 1.50 bits per heavy atom. The van der Waals surface area contributed by atoms with Crippen molar-refractivity contribution in [2.45, 2.75) is 30.4 Å². The van der Waals surface area contributed by atoms with Crippen LogP contribution in [0.4, 0.5) is 0 Å². The number of sulfone groups is 2. The van der Waals surface area contributed by atoms with E-state index in [-0.39, 0.29) is 4.90 Å². The van der Waals surface area contributed by atoms with Gasteiger partial charge in [-0.1, -0.05) is 36.4 Å². The predicted octanol–water partition coefficient (Wildman–Crippen LogP) is 6.98. The summed E-state index contributed by atoms with van der Waals surface area (Å²) < 4.78 is 49.6. The van der Waals surface area contributed by atoms with Crippen LogP contribution in [0.25, 0.3) is 54.3 Å². The van der Waals surface area contributed by atoms with Gasteiger partial charge in [0.05, 0.1) is 31.3 Å². The summed E-state index contributed by atoms with van der Waals surface area (Å²) in [5.74, 6) is 0. The van der Waals surface area contributed by atoms with Crippen molar-refractivity contribution < 1.29 is 21.6 Å². The highest BCUT2D eigenvalue weighted by atomic mass is 32.2. The summed E-state index contributed by atoms with van der Waals surface area (Å²) in [5, 5.41) is 13.9. The highest BCUT2D eigenvalue weighted by Gasteiger charge is 2.33. The van der Waals surface area contributed by atoms with Crippen molar-refractivity contribution in [3.05, 3.63) is 114 Å². The van der Waals surface area contributed by atoms with Gasteiger partial charge < -0.3 is 5.21 Å². The van der Waals surface area contributed by atoms with Crippen LogP contribution >= 0.6 is 11.3 Å². The number of thiazole rings is 1. The maximum absolute atomic E-state index is 12.8. The average Bonchev–Trinajstić information content (AvgIpc) is 3.47. The van der Waals surface area contributed by atoms with E-state index < -0.39 is 24.4 Å². The third-order valence-electron chi connectivity index (χ3n) is 8.30. The highest BCUT2D eigenvalue weighted by Crippen LogP contribution is 2.43. The van der Waals surface area contributed by atoms with E-state index >= 15 is 0 Å². The molecule has 0 aliphatic heterocycles. The molecule has 234 valence electrons. The third-order valence-corrected chi connectivity index (χ3v) is 12.7. The van der Waals surface area contributed by atoms with Gasteiger partial charge >= 0.3 is 0 Å². The maximum Gasteiger partial charge on any atom is 0.190 e. The smallest absolute Gasteiger partial charge is 0.190 e. The summed E-state index contributed by atoms with van der Waals surface area (Å²) in [6.45, 7) is 5.14. The van der Waals surface area contributed by atoms with Crippen LogP contribution in [0.5, 0.6) is 0 Å². The topological polar surface area (TPSA) is 121 Å². The van der Waals surface area contributed by atoms with Gasteiger partial charge in [0.15, 0.2) is 31.6 Å². The molecule has 0 bridgehead atoms. The van der Waals surface area contributed by atoms with Gasteiger partial charge in [0.25, 0.3) is 0 Å². The lowest BCUT2D eigenvalue weighted by Gasteiger charge is -2.24. The van der Waals surface area contributed by atoms with Gasteiger partial charge in [0, 0.05) is 48.2 Å². The molecule has 0 unspecified atom stereocenters. The number of benzene rings is 3. The molecule has 3 heterocycles. The maximum atomic E-state index is 12.8. The Labute approximate surface area is 272 Å². The molecule has 0 amide bonds. The third kappa shape index (κ3) is 5.81. The number of rotatable bonds is 7. The second-order valence-electron chi connectivity index (χ2n) is 11.8. The molecule has 0 N–H and O–H groups in total. The normalized spacial score (nSPS) is 12.5. The molecule has 3 aromatic carbocycles. The Bertz CT molecular complexity index is 2360. The van der Waals surface area contributed by atoms with Crippen LogP contribution in [0.2, 0.25) is 0 Å². The molecule has 46 heavy (non-hydrogen) atoms. The number of aryl methyl sites for hydroxylation is 1. The zero-order valence-electron chi connectivity index (χ0n) is 25.8. The number of hydrogen-bond acceptors (Lipinski definition) is 8. The van der Waals surface area contributed by atoms with E-state index in [1.807, 2.05) is 54.6 Å². The molecule has 0 saturated heterocycles. The molecule has 0 atom stereocenters. The van der Waals surface area contributed by atoms with E-state index in [9.17, 15) is 22.0 Å². The van der Waals surface area contributed by atoms with Crippen LogP contribution in [0, 0.1) is 12.1 Å². The Morgan fingerprint density at radius 1 is 0.804 bits per heavy atom. The molecule has 8 nitrogen and oxygen atoms in total. The minimum atomic E-state index is -3.44. The van der Waals surface area contributed by atoms with Gasteiger partial charge in [0.2, 0.25) is 0 Å². The molecule has 0 radical (unpaired) electrons. The van der Waals surface area contributed by atoms with Crippen LogP contribution in [-0.4, -0.2) is 39.3 Å². The van der Waals surface area contributed by atoms with Gasteiger partial charge in [-0.2, -0.15) is 4.73 Å². The molecule has 0 fully saturated rings. The first-order valence-corrected chi connectivity index (χ1v) is 18.9. The molecule has 6 rings (SSSR count). The fourth-order valence-electron chi connectivity index (χ4n) is 5.18. The van der Waals surface area contributed by atoms with Gasteiger partial charge in [-0.05, 0) is 73.0 Å². The first kappa shape index (κ1) is 31.5. The van der Waals surface area contributed by atoms with Crippen LogP contribution in [0.3, 0.4) is 0 Å². The van der Waals surface area contributed by atoms with Crippen molar-refractivity contribution in [1.29, 1.82) is 0 Å². The predicted molar refractivity (Wildman–Crippen MR) is 184 cm³/mol. The average molecular weight is 670 g/mol. The van der Waals surface area contributed by atoms with E-state index in [0.717, 1.165) is 42.8 Å². The molecule has 0 aliphatic rings. The second kappa shape index (κ2) is 11.4. The van der Waals surface area contributed by atoms with Crippen LogP contribution < -0.4 is 4.73 Å². The Balaban J connectivity index is 1.56. The van der Waals surface area contributed by atoms with E-state index in [1.165, 1.54) is 30.0 Å². The molecule has 0 aliphatic carbocycles. The lowest BCUT2D eigenvalue weighted by atomic mass is 9.92.